The summed E-state index contributed by atoms with van der Waals surface area (Å²) < 4.78 is 5.28. The average Bonchev–Trinajstić information content (AvgIpc) is 2.09. The Morgan fingerprint density at radius 3 is 2.23 bits per heavy atom. The summed E-state index contributed by atoms with van der Waals surface area (Å²) in [6.07, 6.45) is 0. The lowest BCUT2D eigenvalue weighted by molar-refractivity contribution is 0.115. The number of hydrogen-bond acceptors (Lipinski definition) is 4. The van der Waals surface area contributed by atoms with Gasteiger partial charge in [-0.15, -0.1) is 0 Å². The highest BCUT2D eigenvalue weighted by molar-refractivity contribution is 4.53. The van der Waals surface area contributed by atoms with Gasteiger partial charge in [0.1, 0.15) is 0 Å². The Labute approximate surface area is 81.6 Å². The zero-order valence-corrected chi connectivity index (χ0v) is 9.12. The molecular weight excluding hydrogens is 166 g/mol. The highest BCUT2D eigenvalue weighted by atomic mass is 16.5. The van der Waals surface area contributed by atoms with Gasteiger partial charge in [-0.1, -0.05) is 0 Å². The quantitative estimate of drug-likeness (QED) is 0.521. The summed E-state index contributed by atoms with van der Waals surface area (Å²) in [5.41, 5.74) is 5.30. The molecule has 0 spiro atoms. The Morgan fingerprint density at radius 1 is 1.00 bits per heavy atom. The molecule has 80 valence electrons. The summed E-state index contributed by atoms with van der Waals surface area (Å²) in [4.78, 5) is 4.44. The molecule has 0 amide bonds. The van der Waals surface area contributed by atoms with Gasteiger partial charge in [0, 0.05) is 26.2 Å². The van der Waals surface area contributed by atoms with E-state index in [9.17, 15) is 0 Å². The normalized spacial score (nSPS) is 11.5. The largest absolute Gasteiger partial charge is 0.379 e. The smallest absolute Gasteiger partial charge is 0.0593 e. The molecule has 0 saturated heterocycles. The van der Waals surface area contributed by atoms with Crippen molar-refractivity contribution < 1.29 is 4.74 Å². The van der Waals surface area contributed by atoms with Gasteiger partial charge in [0.2, 0.25) is 0 Å². The summed E-state index contributed by atoms with van der Waals surface area (Å²) in [7, 11) is 6.27. The summed E-state index contributed by atoms with van der Waals surface area (Å²) in [6, 6.07) is 0. The number of nitrogens with two attached hydrogens (primary N) is 1. The molecule has 0 aromatic rings. The minimum atomic E-state index is 0.613. The monoisotopic (exact) mass is 189 g/mol. The van der Waals surface area contributed by atoms with Crippen molar-refractivity contribution in [2.75, 3.05) is 60.5 Å². The number of nitrogens with zero attached hydrogens (tertiary/aromatic N) is 2. The highest BCUT2D eigenvalue weighted by Gasteiger charge is 1.98. The molecule has 2 N–H and O–H groups in total. The summed E-state index contributed by atoms with van der Waals surface area (Å²) in [5.74, 6) is 0. The van der Waals surface area contributed by atoms with Crippen molar-refractivity contribution >= 4 is 0 Å². The molecule has 0 aliphatic heterocycles. The maximum atomic E-state index is 5.30. The fraction of sp³-hybridized carbons (Fsp3) is 1.00. The molecule has 0 atom stereocenters. The molecule has 0 fully saturated rings. The van der Waals surface area contributed by atoms with E-state index < -0.39 is 0 Å². The van der Waals surface area contributed by atoms with E-state index in [1.54, 1.807) is 0 Å². The lowest BCUT2D eigenvalue weighted by Gasteiger charge is -2.18. The summed E-state index contributed by atoms with van der Waals surface area (Å²) >= 11 is 0. The van der Waals surface area contributed by atoms with Gasteiger partial charge in [0.05, 0.1) is 13.2 Å². The van der Waals surface area contributed by atoms with Crippen LogP contribution in [-0.2, 0) is 4.74 Å². The van der Waals surface area contributed by atoms with E-state index in [0.29, 0.717) is 13.2 Å². The molecule has 0 aliphatic carbocycles. The number of ether oxygens (including phenoxy) is 1. The molecule has 4 nitrogen and oxygen atoms in total. The van der Waals surface area contributed by atoms with Crippen LogP contribution < -0.4 is 5.73 Å². The second-order valence-corrected chi connectivity index (χ2v) is 3.51. The Kier molecular flexibility index (Phi) is 8.33. The lowest BCUT2D eigenvalue weighted by atomic mass is 10.5. The van der Waals surface area contributed by atoms with Crippen molar-refractivity contribution in [3.63, 3.8) is 0 Å². The van der Waals surface area contributed by atoms with E-state index in [1.165, 1.54) is 0 Å². The predicted octanol–water partition coefficient (Wildman–Crippen LogP) is -0.545. The van der Waals surface area contributed by atoms with Crippen LogP contribution in [0, 0.1) is 0 Å². The first kappa shape index (κ1) is 12.8. The van der Waals surface area contributed by atoms with Crippen LogP contribution in [0.15, 0.2) is 0 Å². The van der Waals surface area contributed by atoms with Gasteiger partial charge < -0.3 is 20.3 Å². The Morgan fingerprint density at radius 2 is 1.69 bits per heavy atom. The maximum absolute atomic E-state index is 5.30. The Balaban J connectivity index is 3.15. The van der Waals surface area contributed by atoms with Gasteiger partial charge in [-0.25, -0.2) is 0 Å². The topological polar surface area (TPSA) is 41.7 Å². The molecule has 0 radical (unpaired) electrons. The van der Waals surface area contributed by atoms with E-state index in [4.69, 9.17) is 10.5 Å². The van der Waals surface area contributed by atoms with Crippen molar-refractivity contribution in [3.8, 4) is 0 Å². The van der Waals surface area contributed by atoms with Gasteiger partial charge in [-0.05, 0) is 21.1 Å². The van der Waals surface area contributed by atoms with Gasteiger partial charge >= 0.3 is 0 Å². The second kappa shape index (κ2) is 8.44. The summed E-state index contributed by atoms with van der Waals surface area (Å²) in [6.45, 7) is 5.21. The fourth-order valence-corrected chi connectivity index (χ4v) is 0.888. The minimum Gasteiger partial charge on any atom is -0.379 e. The maximum Gasteiger partial charge on any atom is 0.0593 e. The number of rotatable bonds is 8. The molecule has 0 aromatic carbocycles. The minimum absolute atomic E-state index is 0.613. The van der Waals surface area contributed by atoms with Crippen LogP contribution in [0.25, 0.3) is 0 Å². The second-order valence-electron chi connectivity index (χ2n) is 3.51. The summed E-state index contributed by atoms with van der Waals surface area (Å²) in [5, 5.41) is 0. The van der Waals surface area contributed by atoms with E-state index in [-0.39, 0.29) is 0 Å². The van der Waals surface area contributed by atoms with Crippen molar-refractivity contribution in [3.05, 3.63) is 0 Å². The van der Waals surface area contributed by atoms with E-state index in [2.05, 4.69) is 30.9 Å². The number of hydrogen-bond donors (Lipinski definition) is 1. The van der Waals surface area contributed by atoms with Crippen molar-refractivity contribution in [2.45, 2.75) is 0 Å². The van der Waals surface area contributed by atoms with Crippen molar-refractivity contribution in [1.29, 1.82) is 0 Å². The third-order valence-electron chi connectivity index (χ3n) is 1.81. The molecule has 0 saturated carbocycles. The van der Waals surface area contributed by atoms with Gasteiger partial charge in [0.15, 0.2) is 0 Å². The Hall–Kier alpha value is -0.160. The van der Waals surface area contributed by atoms with Crippen LogP contribution in [0.5, 0.6) is 0 Å². The lowest BCUT2D eigenvalue weighted by Crippen LogP contribution is -2.31. The van der Waals surface area contributed by atoms with Crippen molar-refractivity contribution in [2.24, 2.45) is 5.73 Å². The number of likely N-dealkylation sites (N-methyl/N-ethyl adjacent to an activating group) is 2. The van der Waals surface area contributed by atoms with E-state index in [0.717, 1.165) is 26.2 Å². The molecule has 4 heteroatoms. The zero-order chi connectivity index (χ0) is 10.1. The predicted molar refractivity (Wildman–Crippen MR) is 55.9 cm³/mol. The zero-order valence-electron chi connectivity index (χ0n) is 9.12. The van der Waals surface area contributed by atoms with Crippen molar-refractivity contribution in [1.82, 2.24) is 9.80 Å². The van der Waals surface area contributed by atoms with Crippen LogP contribution >= 0.6 is 0 Å². The first-order valence-electron chi connectivity index (χ1n) is 4.78. The van der Waals surface area contributed by atoms with E-state index in [1.807, 2.05) is 0 Å². The highest BCUT2D eigenvalue weighted by Crippen LogP contribution is 1.84. The molecule has 0 aliphatic rings. The average molecular weight is 189 g/mol. The van der Waals surface area contributed by atoms with Crippen LogP contribution in [0.2, 0.25) is 0 Å². The SMILES string of the molecule is CN(C)CCN(C)CCOCCN. The molecule has 0 aromatic heterocycles. The van der Waals surface area contributed by atoms with Crippen LogP contribution in [0.4, 0.5) is 0 Å². The third-order valence-corrected chi connectivity index (χ3v) is 1.81. The fourth-order valence-electron chi connectivity index (χ4n) is 0.888. The molecule has 0 heterocycles. The van der Waals surface area contributed by atoms with Crippen LogP contribution in [0.1, 0.15) is 0 Å². The third kappa shape index (κ3) is 9.76. The molecule has 0 unspecified atom stereocenters. The molecule has 0 bridgehead atoms. The van der Waals surface area contributed by atoms with E-state index >= 15 is 0 Å². The molecule has 13 heavy (non-hydrogen) atoms. The first-order valence-corrected chi connectivity index (χ1v) is 4.78. The van der Waals surface area contributed by atoms with Crippen LogP contribution in [-0.4, -0.2) is 70.3 Å². The van der Waals surface area contributed by atoms with Crippen LogP contribution in [0.3, 0.4) is 0 Å². The molecular formula is C9H23N3O. The van der Waals surface area contributed by atoms with Gasteiger partial charge in [0.25, 0.3) is 0 Å². The Bertz CT molecular complexity index is 109. The van der Waals surface area contributed by atoms with Gasteiger partial charge in [-0.2, -0.15) is 0 Å². The standard InChI is InChI=1S/C9H23N3O/c1-11(2)5-6-12(3)7-9-13-8-4-10/h4-10H2,1-3H3. The van der Waals surface area contributed by atoms with Gasteiger partial charge in [-0.3, -0.25) is 0 Å². The molecule has 0 rings (SSSR count). The first-order chi connectivity index (χ1) is 6.16.